The summed E-state index contributed by atoms with van der Waals surface area (Å²) in [7, 11) is 4.23. The number of likely N-dealkylation sites (N-methyl/N-ethyl adjacent to an activating group) is 1. The van der Waals surface area contributed by atoms with Gasteiger partial charge in [0.25, 0.3) is 11.5 Å². The van der Waals surface area contributed by atoms with Gasteiger partial charge in [0.15, 0.2) is 17.3 Å². The van der Waals surface area contributed by atoms with E-state index in [4.69, 9.17) is 4.74 Å². The summed E-state index contributed by atoms with van der Waals surface area (Å²) in [6.07, 6.45) is 2.21. The molecule has 0 radical (unpaired) electrons. The Morgan fingerprint density at radius 2 is 1.97 bits per heavy atom. The number of hydrogen-bond donors (Lipinski definition) is 3. The fourth-order valence-corrected chi connectivity index (χ4v) is 4.81. The van der Waals surface area contributed by atoms with Crippen molar-refractivity contribution in [3.8, 4) is 11.5 Å². The van der Waals surface area contributed by atoms with Crippen LogP contribution in [0.2, 0.25) is 0 Å². The first-order chi connectivity index (χ1) is 17.1. The molecule has 36 heavy (non-hydrogen) atoms. The number of nitrogens with zero attached hydrogens (tertiary/aromatic N) is 3. The standard InChI is InChI=1S/C24H28FN5O6/c1-29(2)22(35)20(33)28-24-8-6-13(7-9-24)12-30-21(34)18(31)17(27-23(24)30)19(32)26-11-14-4-5-15(25)16(10-14)36-3/h4-5,10,13,31H,6-9,11-12H2,1-3H3,(H,26,32)(H,28,33). The first kappa shape index (κ1) is 25.1. The first-order valence-corrected chi connectivity index (χ1v) is 11.5. The molecule has 1 fully saturated rings. The van der Waals surface area contributed by atoms with Gasteiger partial charge in [0.1, 0.15) is 5.82 Å². The molecule has 5 rings (SSSR count). The van der Waals surface area contributed by atoms with E-state index in [0.29, 0.717) is 31.2 Å². The number of hydrogen-bond acceptors (Lipinski definition) is 7. The lowest BCUT2D eigenvalue weighted by molar-refractivity contribution is -0.145. The highest BCUT2D eigenvalue weighted by atomic mass is 19.1. The molecule has 192 valence electrons. The van der Waals surface area contributed by atoms with Crippen LogP contribution in [0, 0.1) is 11.7 Å². The summed E-state index contributed by atoms with van der Waals surface area (Å²) in [5.41, 5.74) is -1.89. The van der Waals surface area contributed by atoms with Gasteiger partial charge < -0.3 is 25.4 Å². The van der Waals surface area contributed by atoms with Crippen molar-refractivity contribution in [1.82, 2.24) is 25.1 Å². The molecule has 3 aliphatic rings. The van der Waals surface area contributed by atoms with E-state index >= 15 is 0 Å². The molecule has 1 aromatic heterocycles. The molecule has 2 bridgehead atoms. The number of benzene rings is 1. The molecule has 3 N–H and O–H groups in total. The summed E-state index contributed by atoms with van der Waals surface area (Å²) in [4.78, 5) is 56.6. The molecule has 2 aliphatic heterocycles. The Hall–Kier alpha value is -3.96. The number of methoxy groups -OCH3 is 1. The second-order valence-electron chi connectivity index (χ2n) is 9.38. The quantitative estimate of drug-likeness (QED) is 0.510. The molecule has 3 amide bonds. The summed E-state index contributed by atoms with van der Waals surface area (Å²) in [6.45, 7) is 0.238. The smallest absolute Gasteiger partial charge is 0.311 e. The molecule has 1 aromatic carbocycles. The van der Waals surface area contributed by atoms with Crippen molar-refractivity contribution in [2.75, 3.05) is 21.2 Å². The minimum atomic E-state index is -1.14. The highest BCUT2D eigenvalue weighted by Gasteiger charge is 2.46. The fraction of sp³-hybridized carbons (Fsp3) is 0.458. The van der Waals surface area contributed by atoms with Crippen molar-refractivity contribution in [2.45, 2.75) is 44.3 Å². The monoisotopic (exact) mass is 501 g/mol. The first-order valence-electron chi connectivity index (χ1n) is 11.5. The Morgan fingerprint density at radius 1 is 1.28 bits per heavy atom. The average molecular weight is 502 g/mol. The lowest BCUT2D eigenvalue weighted by atomic mass is 9.77. The van der Waals surface area contributed by atoms with Crippen molar-refractivity contribution in [2.24, 2.45) is 5.92 Å². The molecule has 0 atom stereocenters. The highest BCUT2D eigenvalue weighted by molar-refractivity contribution is 6.35. The maximum Gasteiger partial charge on any atom is 0.311 e. The number of carbonyl (C=O) groups excluding carboxylic acids is 3. The number of halogens is 1. The summed E-state index contributed by atoms with van der Waals surface area (Å²) < 4.78 is 19.9. The number of ether oxygens (including phenoxy) is 1. The molecule has 11 nitrogen and oxygen atoms in total. The highest BCUT2D eigenvalue weighted by Crippen LogP contribution is 2.42. The predicted octanol–water partition coefficient (Wildman–Crippen LogP) is 0.630. The van der Waals surface area contributed by atoms with Gasteiger partial charge in [-0.15, -0.1) is 0 Å². The van der Waals surface area contributed by atoms with Crippen molar-refractivity contribution < 1.29 is 28.6 Å². The van der Waals surface area contributed by atoms with Crippen molar-refractivity contribution in [3.63, 3.8) is 0 Å². The van der Waals surface area contributed by atoms with Gasteiger partial charge in [0, 0.05) is 27.2 Å². The van der Waals surface area contributed by atoms with E-state index in [1.54, 1.807) is 0 Å². The number of amides is 3. The lowest BCUT2D eigenvalue weighted by Gasteiger charge is -2.37. The second kappa shape index (κ2) is 9.59. The molecule has 0 unspecified atom stereocenters. The molecule has 1 aliphatic carbocycles. The molecule has 0 saturated heterocycles. The number of fused-ring (bicyclic) bond motifs is 2. The van der Waals surface area contributed by atoms with Crippen LogP contribution in [0.15, 0.2) is 23.0 Å². The number of aromatic hydroxyl groups is 1. The zero-order valence-corrected chi connectivity index (χ0v) is 20.3. The zero-order valence-electron chi connectivity index (χ0n) is 20.3. The number of nitrogens with one attached hydrogen (secondary N) is 2. The van der Waals surface area contributed by atoms with Crippen LogP contribution in [-0.4, -0.2) is 58.5 Å². The minimum Gasteiger partial charge on any atom is -0.501 e. The van der Waals surface area contributed by atoms with E-state index in [0.717, 1.165) is 4.90 Å². The van der Waals surface area contributed by atoms with E-state index in [-0.39, 0.29) is 30.6 Å². The van der Waals surface area contributed by atoms with Gasteiger partial charge in [0.05, 0.1) is 12.6 Å². The second-order valence-corrected chi connectivity index (χ2v) is 9.38. The Labute approximate surface area is 206 Å². The normalized spacial score (nSPS) is 20.2. The molecular weight excluding hydrogens is 473 g/mol. The molecule has 2 aromatic rings. The molecule has 12 heteroatoms. The van der Waals surface area contributed by atoms with Gasteiger partial charge in [-0.25, -0.2) is 9.37 Å². The maximum atomic E-state index is 13.7. The largest absolute Gasteiger partial charge is 0.501 e. The van der Waals surface area contributed by atoms with E-state index in [2.05, 4.69) is 15.6 Å². The van der Waals surface area contributed by atoms with Crippen molar-refractivity contribution >= 4 is 17.7 Å². The summed E-state index contributed by atoms with van der Waals surface area (Å²) in [5, 5.41) is 15.9. The number of rotatable bonds is 5. The van der Waals surface area contributed by atoms with Gasteiger partial charge in [0.2, 0.25) is 5.75 Å². The van der Waals surface area contributed by atoms with Crippen LogP contribution in [-0.2, 0) is 28.2 Å². The average Bonchev–Trinajstić information content (AvgIpc) is 3.10. The summed E-state index contributed by atoms with van der Waals surface area (Å²) >= 11 is 0. The van der Waals surface area contributed by atoms with Crippen molar-refractivity contribution in [1.29, 1.82) is 0 Å². The third kappa shape index (κ3) is 4.50. The lowest BCUT2D eigenvalue weighted by Crippen LogP contribution is -2.53. The molecule has 0 spiro atoms. The number of aromatic nitrogens is 2. The van der Waals surface area contributed by atoms with E-state index in [1.165, 1.54) is 44.0 Å². The zero-order chi connectivity index (χ0) is 26.2. The third-order valence-electron chi connectivity index (χ3n) is 6.81. The fourth-order valence-electron chi connectivity index (χ4n) is 4.81. The van der Waals surface area contributed by atoms with Gasteiger partial charge in [-0.2, -0.15) is 0 Å². The summed E-state index contributed by atoms with van der Waals surface area (Å²) in [5.74, 6) is -3.50. The Morgan fingerprint density at radius 3 is 2.61 bits per heavy atom. The van der Waals surface area contributed by atoms with Crippen LogP contribution in [0.4, 0.5) is 4.39 Å². The van der Waals surface area contributed by atoms with Crippen LogP contribution in [0.3, 0.4) is 0 Å². The van der Waals surface area contributed by atoms with Crippen LogP contribution >= 0.6 is 0 Å². The minimum absolute atomic E-state index is 0.00624. The SMILES string of the molecule is COc1cc(CNC(=O)c2nc3n(c(=O)c2O)CC2CCC3(NC(=O)C(=O)N(C)C)CC2)ccc1F. The van der Waals surface area contributed by atoms with Crippen molar-refractivity contribution in [3.05, 3.63) is 51.5 Å². The predicted molar refractivity (Wildman–Crippen MR) is 125 cm³/mol. The van der Waals surface area contributed by atoms with Gasteiger partial charge in [-0.3, -0.25) is 23.7 Å². The Bertz CT molecular complexity index is 1280. The molecule has 1 saturated carbocycles. The third-order valence-corrected chi connectivity index (χ3v) is 6.81. The van der Waals surface area contributed by atoms with E-state index in [1.807, 2.05) is 0 Å². The summed E-state index contributed by atoms with van der Waals surface area (Å²) in [6, 6.07) is 4.07. The molecule has 3 heterocycles. The van der Waals surface area contributed by atoms with Crippen LogP contribution < -0.4 is 20.9 Å². The van der Waals surface area contributed by atoms with Gasteiger partial charge >= 0.3 is 11.8 Å². The number of carbonyl (C=O) groups is 3. The Balaban J connectivity index is 1.68. The maximum absolute atomic E-state index is 13.7. The topological polar surface area (TPSA) is 143 Å². The van der Waals surface area contributed by atoms with Crippen LogP contribution in [0.1, 0.15) is 47.6 Å². The van der Waals surface area contributed by atoms with Crippen LogP contribution in [0.5, 0.6) is 11.5 Å². The Kier molecular flexibility index (Phi) is 6.70. The van der Waals surface area contributed by atoms with Gasteiger partial charge in [-0.1, -0.05) is 6.07 Å². The van der Waals surface area contributed by atoms with E-state index in [9.17, 15) is 28.7 Å². The molecular formula is C24H28FN5O6. The van der Waals surface area contributed by atoms with E-state index < -0.39 is 46.1 Å². The van der Waals surface area contributed by atoms with Gasteiger partial charge in [-0.05, 0) is 49.3 Å². The van der Waals surface area contributed by atoms with Crippen LogP contribution in [0.25, 0.3) is 0 Å².